The Morgan fingerprint density at radius 2 is 2.22 bits per heavy atom. The van der Waals surface area contributed by atoms with Crippen molar-refractivity contribution in [3.63, 3.8) is 0 Å². The first-order chi connectivity index (χ1) is 11.1. The van der Waals surface area contributed by atoms with Gasteiger partial charge in [0.2, 0.25) is 0 Å². The van der Waals surface area contributed by atoms with E-state index in [0.717, 1.165) is 29.6 Å². The molecule has 1 aliphatic rings. The van der Waals surface area contributed by atoms with Crippen molar-refractivity contribution in [3.05, 3.63) is 46.6 Å². The molecule has 1 amide bonds. The maximum absolute atomic E-state index is 13.0. The number of likely N-dealkylation sites (tertiary alicyclic amines) is 1. The molecule has 0 spiro atoms. The number of hydrogen-bond acceptors (Lipinski definition) is 3. The van der Waals surface area contributed by atoms with Gasteiger partial charge in [0.05, 0.1) is 11.1 Å². The van der Waals surface area contributed by atoms with E-state index >= 15 is 0 Å². The maximum atomic E-state index is 13.0. The monoisotopic (exact) mass is 329 g/mol. The number of nitrogens with zero attached hydrogens (tertiary/aromatic N) is 3. The van der Waals surface area contributed by atoms with Crippen molar-refractivity contribution in [1.82, 2.24) is 25.1 Å². The molecule has 118 valence electrons. The van der Waals surface area contributed by atoms with Crippen LogP contribution in [-0.2, 0) is 0 Å². The Morgan fingerprint density at radius 1 is 1.39 bits per heavy atom. The molecule has 3 aromatic rings. The van der Waals surface area contributed by atoms with E-state index < -0.39 is 0 Å². The fourth-order valence-electron chi connectivity index (χ4n) is 3.19. The Labute approximate surface area is 137 Å². The smallest absolute Gasteiger partial charge is 0.272 e. The number of rotatable bonds is 2. The molecular formula is C16H16ClN5O. The number of hydrogen-bond donors (Lipinski definition) is 2. The predicted molar refractivity (Wildman–Crippen MR) is 87.4 cm³/mol. The normalized spacial score (nSPS) is 18.0. The minimum absolute atomic E-state index is 0.101. The SMILES string of the molecule is Cc1nc(C2CCCN2C(=O)c2[nH]c3ccccc3c2Cl)n[nH]1. The highest BCUT2D eigenvalue weighted by molar-refractivity contribution is 6.38. The van der Waals surface area contributed by atoms with Crippen molar-refractivity contribution in [2.24, 2.45) is 0 Å². The molecule has 1 saturated heterocycles. The number of carbonyl (C=O) groups excluding carboxylic acids is 1. The number of fused-ring (bicyclic) bond motifs is 1. The zero-order valence-electron chi connectivity index (χ0n) is 12.6. The summed E-state index contributed by atoms with van der Waals surface area (Å²) < 4.78 is 0. The number of halogens is 1. The van der Waals surface area contributed by atoms with Gasteiger partial charge in [-0.15, -0.1) is 0 Å². The summed E-state index contributed by atoms with van der Waals surface area (Å²) in [5.41, 5.74) is 1.30. The third-order valence-electron chi connectivity index (χ3n) is 4.28. The third kappa shape index (κ3) is 2.30. The van der Waals surface area contributed by atoms with Gasteiger partial charge in [-0.3, -0.25) is 9.89 Å². The summed E-state index contributed by atoms with van der Waals surface area (Å²) in [5, 5.41) is 8.40. The first-order valence-corrected chi connectivity index (χ1v) is 7.99. The van der Waals surface area contributed by atoms with Crippen LogP contribution in [0.15, 0.2) is 24.3 Å². The largest absolute Gasteiger partial charge is 0.349 e. The predicted octanol–water partition coefficient (Wildman–Crippen LogP) is 3.23. The van der Waals surface area contributed by atoms with Crippen LogP contribution < -0.4 is 0 Å². The van der Waals surface area contributed by atoms with Crippen LogP contribution in [0.1, 0.15) is 41.0 Å². The summed E-state index contributed by atoms with van der Waals surface area (Å²) in [4.78, 5) is 22.3. The number of nitrogens with one attached hydrogen (secondary N) is 2. The van der Waals surface area contributed by atoms with Crippen LogP contribution in [-0.4, -0.2) is 37.5 Å². The minimum Gasteiger partial charge on any atom is -0.349 e. The zero-order valence-corrected chi connectivity index (χ0v) is 13.4. The second-order valence-corrected chi connectivity index (χ2v) is 6.17. The lowest BCUT2D eigenvalue weighted by molar-refractivity contribution is 0.0725. The minimum atomic E-state index is -0.102. The summed E-state index contributed by atoms with van der Waals surface area (Å²) in [6.07, 6.45) is 1.79. The van der Waals surface area contributed by atoms with Gasteiger partial charge in [-0.2, -0.15) is 5.10 Å². The van der Waals surface area contributed by atoms with Crippen LogP contribution in [0.2, 0.25) is 5.02 Å². The molecule has 2 aromatic heterocycles. The second-order valence-electron chi connectivity index (χ2n) is 5.80. The van der Waals surface area contributed by atoms with Crippen molar-refractivity contribution < 1.29 is 4.79 Å². The van der Waals surface area contributed by atoms with Gasteiger partial charge in [-0.25, -0.2) is 4.98 Å². The molecule has 1 aliphatic heterocycles. The molecule has 23 heavy (non-hydrogen) atoms. The fourth-order valence-corrected chi connectivity index (χ4v) is 3.48. The molecule has 3 heterocycles. The standard InChI is InChI=1S/C16H16ClN5O/c1-9-18-15(21-20-9)12-7-4-8-22(12)16(23)14-13(17)10-5-2-3-6-11(10)19-14/h2-3,5-6,12,19H,4,7-8H2,1H3,(H,18,20,21). The van der Waals surface area contributed by atoms with Gasteiger partial charge in [-0.1, -0.05) is 29.8 Å². The molecular weight excluding hydrogens is 314 g/mol. The topological polar surface area (TPSA) is 77.7 Å². The number of carbonyl (C=O) groups is 1. The lowest BCUT2D eigenvalue weighted by atomic mass is 10.2. The van der Waals surface area contributed by atoms with E-state index in [1.807, 2.05) is 31.2 Å². The Morgan fingerprint density at radius 3 is 2.96 bits per heavy atom. The highest BCUT2D eigenvalue weighted by Gasteiger charge is 2.34. The van der Waals surface area contributed by atoms with Crippen molar-refractivity contribution in [2.45, 2.75) is 25.8 Å². The molecule has 0 saturated carbocycles. The average molecular weight is 330 g/mol. The Kier molecular flexibility index (Phi) is 3.34. The lowest BCUT2D eigenvalue weighted by Gasteiger charge is -2.22. The quantitative estimate of drug-likeness (QED) is 0.757. The average Bonchev–Trinajstić information content (AvgIpc) is 3.26. The lowest BCUT2D eigenvalue weighted by Crippen LogP contribution is -2.31. The van der Waals surface area contributed by atoms with Crippen molar-refractivity contribution in [1.29, 1.82) is 0 Å². The van der Waals surface area contributed by atoms with Crippen molar-refractivity contribution >= 4 is 28.4 Å². The molecule has 7 heteroatoms. The van der Waals surface area contributed by atoms with Crippen LogP contribution in [0.3, 0.4) is 0 Å². The van der Waals surface area contributed by atoms with Crippen LogP contribution in [0, 0.1) is 6.92 Å². The van der Waals surface area contributed by atoms with Gasteiger partial charge in [0.15, 0.2) is 5.82 Å². The molecule has 1 aromatic carbocycles. The molecule has 1 unspecified atom stereocenters. The molecule has 0 aliphatic carbocycles. The molecule has 0 bridgehead atoms. The van der Waals surface area contributed by atoms with Gasteiger partial charge in [-0.05, 0) is 25.8 Å². The summed E-state index contributed by atoms with van der Waals surface area (Å²) in [7, 11) is 0. The molecule has 4 rings (SSSR count). The van der Waals surface area contributed by atoms with Crippen LogP contribution in [0.4, 0.5) is 0 Å². The van der Waals surface area contributed by atoms with Gasteiger partial charge in [0.1, 0.15) is 11.5 Å². The van der Waals surface area contributed by atoms with Crippen molar-refractivity contribution in [3.8, 4) is 0 Å². The third-order valence-corrected chi connectivity index (χ3v) is 4.68. The van der Waals surface area contributed by atoms with Gasteiger partial charge in [0, 0.05) is 17.4 Å². The number of aryl methyl sites for hydroxylation is 1. The first kappa shape index (κ1) is 14.3. The summed E-state index contributed by atoms with van der Waals surface area (Å²) >= 11 is 6.41. The summed E-state index contributed by atoms with van der Waals surface area (Å²) in [6, 6.07) is 7.54. The molecule has 1 fully saturated rings. The van der Waals surface area contributed by atoms with E-state index in [1.54, 1.807) is 4.90 Å². The van der Waals surface area contributed by atoms with Gasteiger partial charge >= 0.3 is 0 Å². The molecule has 2 N–H and O–H groups in total. The van der Waals surface area contributed by atoms with E-state index in [1.165, 1.54) is 0 Å². The second kappa shape index (κ2) is 5.38. The van der Waals surface area contributed by atoms with Crippen molar-refractivity contribution in [2.75, 3.05) is 6.54 Å². The number of aromatic nitrogens is 4. The highest BCUT2D eigenvalue weighted by Crippen LogP contribution is 2.34. The van der Waals surface area contributed by atoms with E-state index in [0.29, 0.717) is 23.1 Å². The van der Waals surface area contributed by atoms with Gasteiger partial charge < -0.3 is 9.88 Å². The van der Waals surface area contributed by atoms with E-state index in [9.17, 15) is 4.79 Å². The number of para-hydroxylation sites is 1. The van der Waals surface area contributed by atoms with E-state index in [4.69, 9.17) is 11.6 Å². The van der Waals surface area contributed by atoms with Crippen LogP contribution in [0.5, 0.6) is 0 Å². The van der Waals surface area contributed by atoms with E-state index in [-0.39, 0.29) is 11.9 Å². The zero-order chi connectivity index (χ0) is 16.0. The summed E-state index contributed by atoms with van der Waals surface area (Å²) in [5.74, 6) is 1.32. The molecule has 0 radical (unpaired) electrons. The maximum Gasteiger partial charge on any atom is 0.272 e. The Hall–Kier alpha value is -2.34. The van der Waals surface area contributed by atoms with Gasteiger partial charge in [0.25, 0.3) is 5.91 Å². The van der Waals surface area contributed by atoms with Crippen LogP contribution in [0.25, 0.3) is 10.9 Å². The Balaban J connectivity index is 1.71. The molecule has 1 atom stereocenters. The number of amides is 1. The van der Waals surface area contributed by atoms with Crippen LogP contribution >= 0.6 is 11.6 Å². The first-order valence-electron chi connectivity index (χ1n) is 7.61. The summed E-state index contributed by atoms with van der Waals surface area (Å²) in [6.45, 7) is 2.54. The Bertz CT molecular complexity index is 884. The molecule has 6 nitrogen and oxygen atoms in total. The number of aromatic amines is 2. The fraction of sp³-hybridized carbons (Fsp3) is 0.312. The highest BCUT2D eigenvalue weighted by atomic mass is 35.5. The number of benzene rings is 1. The number of H-pyrrole nitrogens is 2. The van der Waals surface area contributed by atoms with E-state index in [2.05, 4.69) is 20.2 Å².